The molecule has 2 aromatic carbocycles. The van der Waals surface area contributed by atoms with Crippen molar-refractivity contribution in [3.05, 3.63) is 59.7 Å². The summed E-state index contributed by atoms with van der Waals surface area (Å²) in [7, 11) is 0. The van der Waals surface area contributed by atoms with Gasteiger partial charge in [0.25, 0.3) is 0 Å². The van der Waals surface area contributed by atoms with Crippen molar-refractivity contribution < 1.29 is 9.47 Å². The first-order chi connectivity index (χ1) is 9.90. The summed E-state index contributed by atoms with van der Waals surface area (Å²) >= 11 is 0. The summed E-state index contributed by atoms with van der Waals surface area (Å²) in [5.41, 5.74) is 5.50. The van der Waals surface area contributed by atoms with Crippen molar-refractivity contribution in [1.82, 2.24) is 0 Å². The smallest absolute Gasteiger partial charge is 0.0850 e. The van der Waals surface area contributed by atoms with E-state index in [0.717, 1.165) is 26.1 Å². The van der Waals surface area contributed by atoms with Crippen molar-refractivity contribution in [3.8, 4) is 11.1 Å². The Bertz CT molecular complexity index is 598. The minimum atomic E-state index is 0.415. The number of hydrogen-bond acceptors (Lipinski definition) is 2. The Labute approximate surface area is 119 Å². The molecule has 2 heteroatoms. The monoisotopic (exact) mass is 266 g/mol. The first-order valence-electron chi connectivity index (χ1n) is 7.29. The molecule has 4 rings (SSSR count). The van der Waals surface area contributed by atoms with Crippen molar-refractivity contribution in [1.29, 1.82) is 0 Å². The lowest BCUT2D eigenvalue weighted by Crippen LogP contribution is -2.04. The van der Waals surface area contributed by atoms with Crippen LogP contribution >= 0.6 is 0 Å². The van der Waals surface area contributed by atoms with Gasteiger partial charge in [0, 0.05) is 12.8 Å². The first kappa shape index (κ1) is 12.1. The molecule has 2 nitrogen and oxygen atoms in total. The fourth-order valence-corrected chi connectivity index (χ4v) is 2.80. The van der Waals surface area contributed by atoms with Gasteiger partial charge in [-0.05, 0) is 22.3 Å². The fraction of sp³-hybridized carbons (Fsp3) is 0.333. The van der Waals surface area contributed by atoms with Gasteiger partial charge >= 0.3 is 0 Å². The molecule has 2 aliphatic heterocycles. The Balaban J connectivity index is 1.75. The first-order valence-corrected chi connectivity index (χ1v) is 7.29. The molecule has 0 aliphatic carbocycles. The van der Waals surface area contributed by atoms with E-state index in [0.29, 0.717) is 12.2 Å². The van der Waals surface area contributed by atoms with Gasteiger partial charge in [-0.1, -0.05) is 48.5 Å². The SMILES string of the molecule is c1ccc(-c2cccc(CC3CO3)c2CC2CO2)cc1. The van der Waals surface area contributed by atoms with E-state index in [9.17, 15) is 0 Å². The van der Waals surface area contributed by atoms with Gasteiger partial charge in [-0.3, -0.25) is 0 Å². The molecule has 0 aromatic heterocycles. The second-order valence-corrected chi connectivity index (χ2v) is 5.63. The van der Waals surface area contributed by atoms with Crippen LogP contribution in [0.25, 0.3) is 11.1 Å². The Morgan fingerprint density at radius 2 is 1.50 bits per heavy atom. The van der Waals surface area contributed by atoms with Crippen molar-refractivity contribution >= 4 is 0 Å². The number of ether oxygens (including phenoxy) is 2. The highest BCUT2D eigenvalue weighted by Crippen LogP contribution is 2.31. The lowest BCUT2D eigenvalue weighted by molar-refractivity contribution is 0.402. The lowest BCUT2D eigenvalue weighted by Gasteiger charge is -2.14. The van der Waals surface area contributed by atoms with E-state index in [1.807, 2.05) is 0 Å². The zero-order valence-electron chi connectivity index (χ0n) is 11.4. The molecule has 2 aliphatic rings. The van der Waals surface area contributed by atoms with Crippen LogP contribution in [0.15, 0.2) is 48.5 Å². The molecule has 2 aromatic rings. The summed E-state index contributed by atoms with van der Waals surface area (Å²) in [6, 6.07) is 17.3. The molecule has 2 atom stereocenters. The third-order valence-corrected chi connectivity index (χ3v) is 4.04. The van der Waals surface area contributed by atoms with Crippen molar-refractivity contribution in [2.45, 2.75) is 25.0 Å². The lowest BCUT2D eigenvalue weighted by atomic mass is 9.90. The average Bonchev–Trinajstić information content (AvgIpc) is 3.37. The van der Waals surface area contributed by atoms with Crippen LogP contribution in [0.1, 0.15) is 11.1 Å². The molecule has 20 heavy (non-hydrogen) atoms. The minimum absolute atomic E-state index is 0.415. The van der Waals surface area contributed by atoms with Gasteiger partial charge in [-0.25, -0.2) is 0 Å². The van der Waals surface area contributed by atoms with Crippen LogP contribution in [0.5, 0.6) is 0 Å². The third kappa shape index (κ3) is 2.62. The molecule has 0 radical (unpaired) electrons. The molecule has 2 saturated heterocycles. The standard InChI is InChI=1S/C18H18O2/c1-2-5-13(6-3-1)17-8-4-7-14(9-15-11-19-15)18(17)10-16-12-20-16/h1-8,15-16H,9-12H2. The number of benzene rings is 2. The summed E-state index contributed by atoms with van der Waals surface area (Å²) < 4.78 is 10.9. The molecule has 2 unspecified atom stereocenters. The molecule has 102 valence electrons. The summed E-state index contributed by atoms with van der Waals surface area (Å²) in [6.07, 6.45) is 2.90. The van der Waals surface area contributed by atoms with Crippen molar-refractivity contribution in [2.24, 2.45) is 0 Å². The van der Waals surface area contributed by atoms with Gasteiger partial charge in [0.2, 0.25) is 0 Å². The second-order valence-electron chi connectivity index (χ2n) is 5.63. The van der Waals surface area contributed by atoms with Gasteiger partial charge in [0.15, 0.2) is 0 Å². The molecule has 0 bridgehead atoms. The minimum Gasteiger partial charge on any atom is -0.373 e. The molecular weight excluding hydrogens is 248 g/mol. The summed E-state index contributed by atoms with van der Waals surface area (Å²) in [4.78, 5) is 0. The maximum Gasteiger partial charge on any atom is 0.0850 e. The van der Waals surface area contributed by atoms with E-state index in [1.54, 1.807) is 0 Å². The molecule has 0 N–H and O–H groups in total. The predicted molar refractivity (Wildman–Crippen MR) is 78.8 cm³/mol. The predicted octanol–water partition coefficient (Wildman–Crippen LogP) is 3.24. The van der Waals surface area contributed by atoms with Gasteiger partial charge < -0.3 is 9.47 Å². The molecule has 2 heterocycles. The average molecular weight is 266 g/mol. The van der Waals surface area contributed by atoms with E-state index in [4.69, 9.17) is 9.47 Å². The molecular formula is C18H18O2. The zero-order chi connectivity index (χ0) is 13.4. The summed E-state index contributed by atoms with van der Waals surface area (Å²) in [6.45, 7) is 1.82. The molecule has 0 spiro atoms. The Kier molecular flexibility index (Phi) is 3.06. The third-order valence-electron chi connectivity index (χ3n) is 4.04. The maximum atomic E-state index is 5.45. The van der Waals surface area contributed by atoms with Crippen LogP contribution < -0.4 is 0 Å². The maximum absolute atomic E-state index is 5.45. The largest absolute Gasteiger partial charge is 0.373 e. The molecule has 0 amide bonds. The van der Waals surface area contributed by atoms with Crippen LogP contribution in [-0.2, 0) is 22.3 Å². The number of hydrogen-bond donors (Lipinski definition) is 0. The highest BCUT2D eigenvalue weighted by atomic mass is 16.6. The Morgan fingerprint density at radius 3 is 2.20 bits per heavy atom. The van der Waals surface area contributed by atoms with Crippen LogP contribution in [0.3, 0.4) is 0 Å². The second kappa shape index (κ2) is 5.04. The number of rotatable bonds is 5. The fourth-order valence-electron chi connectivity index (χ4n) is 2.80. The van der Waals surface area contributed by atoms with E-state index in [1.165, 1.54) is 22.3 Å². The zero-order valence-corrected chi connectivity index (χ0v) is 11.4. The van der Waals surface area contributed by atoms with Gasteiger partial charge in [0.05, 0.1) is 25.4 Å². The highest BCUT2D eigenvalue weighted by Gasteiger charge is 2.28. The topological polar surface area (TPSA) is 25.1 Å². The Hall–Kier alpha value is -1.64. The molecule has 0 saturated carbocycles. The van der Waals surface area contributed by atoms with E-state index < -0.39 is 0 Å². The van der Waals surface area contributed by atoms with Crippen LogP contribution in [0.4, 0.5) is 0 Å². The molecule has 2 fully saturated rings. The van der Waals surface area contributed by atoms with Gasteiger partial charge in [-0.15, -0.1) is 0 Å². The van der Waals surface area contributed by atoms with Gasteiger partial charge in [-0.2, -0.15) is 0 Å². The quantitative estimate of drug-likeness (QED) is 0.776. The van der Waals surface area contributed by atoms with E-state index in [-0.39, 0.29) is 0 Å². The summed E-state index contributed by atoms with van der Waals surface area (Å²) in [5, 5.41) is 0. The van der Waals surface area contributed by atoms with Gasteiger partial charge in [0.1, 0.15) is 0 Å². The van der Waals surface area contributed by atoms with Crippen LogP contribution in [0.2, 0.25) is 0 Å². The van der Waals surface area contributed by atoms with Crippen molar-refractivity contribution in [2.75, 3.05) is 13.2 Å². The number of epoxide rings is 2. The Morgan fingerprint density at radius 1 is 0.800 bits per heavy atom. The van der Waals surface area contributed by atoms with E-state index >= 15 is 0 Å². The van der Waals surface area contributed by atoms with Crippen molar-refractivity contribution in [3.63, 3.8) is 0 Å². The van der Waals surface area contributed by atoms with Crippen LogP contribution in [-0.4, -0.2) is 25.4 Å². The van der Waals surface area contributed by atoms with E-state index in [2.05, 4.69) is 48.5 Å². The normalized spacial score (nSPS) is 23.6. The van der Waals surface area contributed by atoms with Crippen LogP contribution in [0, 0.1) is 0 Å². The highest BCUT2D eigenvalue weighted by molar-refractivity contribution is 5.69. The summed E-state index contributed by atoms with van der Waals surface area (Å²) in [5.74, 6) is 0.